The molecule has 2 heterocycles. The summed E-state index contributed by atoms with van der Waals surface area (Å²) in [5, 5.41) is 16.3. The van der Waals surface area contributed by atoms with E-state index in [1.807, 2.05) is 0 Å². The zero-order chi connectivity index (χ0) is 21.2. The number of rotatable bonds is 3. The van der Waals surface area contributed by atoms with Gasteiger partial charge in [0.25, 0.3) is 5.91 Å². The molecule has 0 unspecified atom stereocenters. The van der Waals surface area contributed by atoms with Gasteiger partial charge in [-0.3, -0.25) is 4.79 Å². The van der Waals surface area contributed by atoms with E-state index in [9.17, 15) is 27.2 Å². The first kappa shape index (κ1) is 20.5. The van der Waals surface area contributed by atoms with Crippen LogP contribution in [0.5, 0.6) is 0 Å². The van der Waals surface area contributed by atoms with Gasteiger partial charge in [0, 0.05) is 26.2 Å². The van der Waals surface area contributed by atoms with Gasteiger partial charge in [0.05, 0.1) is 11.1 Å². The molecule has 0 bridgehead atoms. The molecule has 1 fully saturated rings. The van der Waals surface area contributed by atoms with E-state index in [2.05, 4.69) is 10.2 Å². The Balaban J connectivity index is 1.77. The highest BCUT2D eigenvalue weighted by Gasteiger charge is 2.36. The highest BCUT2D eigenvalue weighted by Crippen LogP contribution is 2.33. The number of amides is 1. The fourth-order valence-electron chi connectivity index (χ4n) is 3.07. The number of aromatic nitrogens is 2. The van der Waals surface area contributed by atoms with Crippen LogP contribution < -0.4 is 4.90 Å². The fraction of sp³-hybridized carbons (Fsp3) is 0.333. The summed E-state index contributed by atoms with van der Waals surface area (Å²) in [5.74, 6) is -2.64. The molecule has 1 aliphatic rings. The average molecular weight is 412 g/mol. The Morgan fingerprint density at radius 1 is 1.00 bits per heavy atom. The lowest BCUT2D eigenvalue weighted by molar-refractivity contribution is -0.138. The van der Waals surface area contributed by atoms with Gasteiger partial charge in [0.1, 0.15) is 5.82 Å². The summed E-state index contributed by atoms with van der Waals surface area (Å²) in [6.45, 7) is 0.975. The number of alkyl halides is 3. The number of aromatic carboxylic acids is 1. The normalized spacial score (nSPS) is 15.2. The van der Waals surface area contributed by atoms with Crippen molar-refractivity contribution < 1.29 is 32.3 Å². The van der Waals surface area contributed by atoms with Crippen LogP contribution in [0.25, 0.3) is 0 Å². The molecule has 2 aromatic rings. The molecule has 3 rings (SSSR count). The van der Waals surface area contributed by atoms with Gasteiger partial charge in [0.2, 0.25) is 0 Å². The van der Waals surface area contributed by atoms with Crippen molar-refractivity contribution in [2.75, 3.05) is 31.1 Å². The summed E-state index contributed by atoms with van der Waals surface area (Å²) in [7, 11) is 0. The number of carbonyl (C=O) groups excluding carboxylic acids is 1. The quantitative estimate of drug-likeness (QED) is 0.781. The minimum absolute atomic E-state index is 0.0923. The Kier molecular flexibility index (Phi) is 5.66. The van der Waals surface area contributed by atoms with Crippen molar-refractivity contribution in [1.29, 1.82) is 0 Å². The third-order valence-corrected chi connectivity index (χ3v) is 4.49. The van der Waals surface area contributed by atoms with E-state index in [-0.39, 0.29) is 25.3 Å². The predicted molar refractivity (Wildman–Crippen MR) is 93.1 cm³/mol. The number of anilines is 1. The Morgan fingerprint density at radius 2 is 1.76 bits per heavy atom. The number of nitrogens with zero attached hydrogens (tertiary/aromatic N) is 4. The van der Waals surface area contributed by atoms with Gasteiger partial charge in [-0.05, 0) is 36.8 Å². The maximum Gasteiger partial charge on any atom is 0.417 e. The van der Waals surface area contributed by atoms with Crippen molar-refractivity contribution >= 4 is 17.7 Å². The largest absolute Gasteiger partial charge is 0.476 e. The summed E-state index contributed by atoms with van der Waals surface area (Å²) < 4.78 is 53.1. The van der Waals surface area contributed by atoms with E-state index in [1.54, 1.807) is 4.90 Å². The van der Waals surface area contributed by atoms with E-state index in [0.29, 0.717) is 37.0 Å². The molecule has 1 aromatic heterocycles. The highest BCUT2D eigenvalue weighted by molar-refractivity contribution is 5.96. The Bertz CT molecular complexity index is 918. The van der Waals surface area contributed by atoms with Gasteiger partial charge in [-0.15, -0.1) is 10.2 Å². The third-order valence-electron chi connectivity index (χ3n) is 4.49. The molecule has 1 N–H and O–H groups in total. The third kappa shape index (κ3) is 4.61. The maximum absolute atomic E-state index is 13.5. The van der Waals surface area contributed by atoms with Crippen LogP contribution in [0.15, 0.2) is 30.3 Å². The van der Waals surface area contributed by atoms with Crippen LogP contribution in [0.4, 0.5) is 23.4 Å². The molecule has 11 heteroatoms. The summed E-state index contributed by atoms with van der Waals surface area (Å²) in [6, 6.07) is 4.60. The molecule has 0 radical (unpaired) electrons. The summed E-state index contributed by atoms with van der Waals surface area (Å²) >= 11 is 0. The summed E-state index contributed by atoms with van der Waals surface area (Å²) in [4.78, 5) is 26.5. The van der Waals surface area contributed by atoms with Gasteiger partial charge in [0.15, 0.2) is 11.5 Å². The fourth-order valence-corrected chi connectivity index (χ4v) is 3.07. The molecule has 1 aliphatic heterocycles. The smallest absolute Gasteiger partial charge is 0.417 e. The maximum atomic E-state index is 13.5. The van der Waals surface area contributed by atoms with E-state index in [4.69, 9.17) is 5.11 Å². The SMILES string of the molecule is O=C(O)c1ccc(N2CCCN(C(=O)c3cc(F)ccc3C(F)(F)F)CC2)nn1. The van der Waals surface area contributed by atoms with Gasteiger partial charge in [-0.1, -0.05) is 0 Å². The molecule has 1 aromatic carbocycles. The summed E-state index contributed by atoms with van der Waals surface area (Å²) in [5.41, 5.74) is -2.12. The van der Waals surface area contributed by atoms with Gasteiger partial charge in [-0.25, -0.2) is 9.18 Å². The molecule has 0 saturated carbocycles. The number of halogens is 4. The van der Waals surface area contributed by atoms with Crippen LogP contribution in [0.2, 0.25) is 0 Å². The first-order chi connectivity index (χ1) is 13.7. The van der Waals surface area contributed by atoms with Crippen molar-refractivity contribution in [2.24, 2.45) is 0 Å². The minimum Gasteiger partial charge on any atom is -0.476 e. The van der Waals surface area contributed by atoms with Crippen LogP contribution in [-0.2, 0) is 6.18 Å². The number of benzene rings is 1. The van der Waals surface area contributed by atoms with E-state index in [0.717, 1.165) is 0 Å². The average Bonchev–Trinajstić information content (AvgIpc) is 2.92. The second-order valence-corrected chi connectivity index (χ2v) is 6.40. The highest BCUT2D eigenvalue weighted by atomic mass is 19.4. The van der Waals surface area contributed by atoms with Gasteiger partial charge in [-0.2, -0.15) is 13.2 Å². The van der Waals surface area contributed by atoms with Crippen LogP contribution >= 0.6 is 0 Å². The molecular weight excluding hydrogens is 396 g/mol. The molecule has 7 nitrogen and oxygen atoms in total. The van der Waals surface area contributed by atoms with Crippen molar-refractivity contribution in [1.82, 2.24) is 15.1 Å². The first-order valence-electron chi connectivity index (χ1n) is 8.65. The van der Waals surface area contributed by atoms with Crippen molar-refractivity contribution in [3.05, 3.63) is 53.0 Å². The topological polar surface area (TPSA) is 86.6 Å². The molecule has 29 heavy (non-hydrogen) atoms. The van der Waals surface area contributed by atoms with Crippen LogP contribution in [0, 0.1) is 5.82 Å². The Hall–Kier alpha value is -3.24. The molecule has 0 atom stereocenters. The van der Waals surface area contributed by atoms with Crippen molar-refractivity contribution in [3.63, 3.8) is 0 Å². The standard InChI is InChI=1S/C18H16F4N4O3/c19-11-2-3-13(18(20,21)22)12(10-11)16(27)26-7-1-6-25(8-9-26)15-5-4-14(17(28)29)23-24-15/h2-5,10H,1,6-9H2,(H,28,29). The van der Waals surface area contributed by atoms with Crippen molar-refractivity contribution in [3.8, 4) is 0 Å². The number of hydrogen-bond donors (Lipinski definition) is 1. The number of carboxylic acid groups (broad SMARTS) is 1. The monoisotopic (exact) mass is 412 g/mol. The summed E-state index contributed by atoms with van der Waals surface area (Å²) in [6.07, 6.45) is -4.34. The molecular formula is C18H16F4N4O3. The molecule has 1 amide bonds. The lowest BCUT2D eigenvalue weighted by atomic mass is 10.1. The Morgan fingerprint density at radius 3 is 2.38 bits per heavy atom. The van der Waals surface area contributed by atoms with E-state index in [1.165, 1.54) is 17.0 Å². The zero-order valence-electron chi connectivity index (χ0n) is 15.0. The van der Waals surface area contributed by atoms with E-state index < -0.39 is 35.0 Å². The molecule has 0 aliphatic carbocycles. The van der Waals surface area contributed by atoms with Crippen LogP contribution in [0.3, 0.4) is 0 Å². The number of hydrogen-bond acceptors (Lipinski definition) is 5. The van der Waals surface area contributed by atoms with Crippen LogP contribution in [-0.4, -0.2) is 58.3 Å². The second kappa shape index (κ2) is 8.02. The van der Waals surface area contributed by atoms with E-state index >= 15 is 0 Å². The first-order valence-corrected chi connectivity index (χ1v) is 8.65. The lowest BCUT2D eigenvalue weighted by Gasteiger charge is -2.23. The van der Waals surface area contributed by atoms with Gasteiger partial charge < -0.3 is 14.9 Å². The number of carboxylic acids is 1. The predicted octanol–water partition coefficient (Wildman–Crippen LogP) is 2.69. The zero-order valence-corrected chi connectivity index (χ0v) is 15.0. The molecule has 1 saturated heterocycles. The van der Waals surface area contributed by atoms with Crippen LogP contribution in [0.1, 0.15) is 32.8 Å². The Labute approximate surface area is 162 Å². The lowest BCUT2D eigenvalue weighted by Crippen LogP contribution is -2.36. The molecule has 154 valence electrons. The minimum atomic E-state index is -4.78. The number of carbonyl (C=O) groups is 2. The second-order valence-electron chi connectivity index (χ2n) is 6.40. The molecule has 0 spiro atoms. The van der Waals surface area contributed by atoms with Gasteiger partial charge >= 0.3 is 12.1 Å². The van der Waals surface area contributed by atoms with Crippen molar-refractivity contribution in [2.45, 2.75) is 12.6 Å².